The molecule has 3 aromatic rings. The van der Waals surface area contributed by atoms with Crippen molar-refractivity contribution in [2.24, 2.45) is 10.7 Å². The topological polar surface area (TPSA) is 157 Å². The van der Waals surface area contributed by atoms with Gasteiger partial charge in [0, 0.05) is 36.7 Å². The number of rotatable bonds is 10. The van der Waals surface area contributed by atoms with Gasteiger partial charge in [0.05, 0.1) is 7.11 Å². The number of aromatic nitrogens is 1. The Hall–Kier alpha value is -4.64. The SMILES string of the molecule is CCOC(C(=O)NCc1ccc(/C(N)=N/C(=O)O)cc1)n1cccc(Nc2cccc(OC)c2)c1=O. The predicted molar refractivity (Wildman–Crippen MR) is 135 cm³/mol. The van der Waals surface area contributed by atoms with E-state index in [0.29, 0.717) is 17.0 Å². The van der Waals surface area contributed by atoms with E-state index in [4.69, 9.17) is 20.3 Å². The highest BCUT2D eigenvalue weighted by molar-refractivity contribution is 6.02. The number of carbonyl (C=O) groups is 2. The molecule has 0 spiro atoms. The molecule has 2 aromatic carbocycles. The van der Waals surface area contributed by atoms with Gasteiger partial charge in [-0.2, -0.15) is 4.99 Å². The highest BCUT2D eigenvalue weighted by atomic mass is 16.5. The maximum atomic E-state index is 13.1. The number of carbonyl (C=O) groups excluding carboxylic acids is 1. The Bertz CT molecular complexity index is 1300. The Morgan fingerprint density at radius 3 is 2.56 bits per heavy atom. The molecule has 0 aliphatic carbocycles. The molecule has 36 heavy (non-hydrogen) atoms. The fourth-order valence-electron chi connectivity index (χ4n) is 3.32. The van der Waals surface area contributed by atoms with Crippen LogP contribution in [0.15, 0.2) is 76.6 Å². The Labute approximate surface area is 207 Å². The lowest BCUT2D eigenvalue weighted by Gasteiger charge is -2.20. The number of anilines is 2. The fraction of sp³-hybridized carbons (Fsp3) is 0.200. The van der Waals surface area contributed by atoms with Crippen LogP contribution in [0.5, 0.6) is 5.75 Å². The number of aliphatic imine (C=N–C) groups is 1. The third-order valence-electron chi connectivity index (χ3n) is 5.06. The summed E-state index contributed by atoms with van der Waals surface area (Å²) in [5.74, 6) is -0.00228. The first-order chi connectivity index (χ1) is 17.3. The molecule has 0 saturated heterocycles. The average Bonchev–Trinajstić information content (AvgIpc) is 2.87. The van der Waals surface area contributed by atoms with Gasteiger partial charge in [-0.25, -0.2) is 4.79 Å². The first-order valence-electron chi connectivity index (χ1n) is 11.0. The van der Waals surface area contributed by atoms with Gasteiger partial charge in [0.15, 0.2) is 0 Å². The Morgan fingerprint density at radius 1 is 1.14 bits per heavy atom. The van der Waals surface area contributed by atoms with Gasteiger partial charge in [0.25, 0.3) is 11.5 Å². The zero-order valence-corrected chi connectivity index (χ0v) is 19.8. The van der Waals surface area contributed by atoms with Crippen LogP contribution in [0.3, 0.4) is 0 Å². The monoisotopic (exact) mass is 493 g/mol. The Morgan fingerprint density at radius 2 is 1.89 bits per heavy atom. The third-order valence-corrected chi connectivity index (χ3v) is 5.06. The van der Waals surface area contributed by atoms with Crippen molar-refractivity contribution in [3.63, 3.8) is 0 Å². The minimum atomic E-state index is -1.39. The molecule has 0 aliphatic heterocycles. The molecule has 3 rings (SSSR count). The van der Waals surface area contributed by atoms with Crippen molar-refractivity contribution in [2.45, 2.75) is 19.7 Å². The zero-order valence-electron chi connectivity index (χ0n) is 19.8. The van der Waals surface area contributed by atoms with Crippen LogP contribution in [0.4, 0.5) is 16.2 Å². The highest BCUT2D eigenvalue weighted by Crippen LogP contribution is 2.20. The van der Waals surface area contributed by atoms with Gasteiger partial charge in [-0.1, -0.05) is 30.3 Å². The van der Waals surface area contributed by atoms with Crippen LogP contribution >= 0.6 is 0 Å². The molecule has 0 saturated carbocycles. The quantitative estimate of drug-likeness (QED) is 0.248. The molecule has 0 radical (unpaired) electrons. The van der Waals surface area contributed by atoms with Gasteiger partial charge in [-0.3, -0.25) is 14.2 Å². The van der Waals surface area contributed by atoms with Crippen LogP contribution in [0.1, 0.15) is 24.3 Å². The average molecular weight is 494 g/mol. The van der Waals surface area contributed by atoms with E-state index in [9.17, 15) is 14.4 Å². The molecule has 11 nitrogen and oxygen atoms in total. The number of pyridine rings is 1. The van der Waals surface area contributed by atoms with Crippen LogP contribution in [0, 0.1) is 0 Å². The highest BCUT2D eigenvalue weighted by Gasteiger charge is 2.22. The van der Waals surface area contributed by atoms with Gasteiger partial charge in [-0.05, 0) is 36.8 Å². The van der Waals surface area contributed by atoms with Crippen LogP contribution in [0.25, 0.3) is 0 Å². The molecule has 11 heteroatoms. The molecule has 1 heterocycles. The number of amides is 2. The predicted octanol–water partition coefficient (Wildman–Crippen LogP) is 2.84. The van der Waals surface area contributed by atoms with Gasteiger partial charge in [0.1, 0.15) is 17.3 Å². The summed E-state index contributed by atoms with van der Waals surface area (Å²) in [5, 5.41) is 14.5. The van der Waals surface area contributed by atoms with E-state index < -0.39 is 23.8 Å². The molecule has 188 valence electrons. The van der Waals surface area contributed by atoms with Crippen molar-refractivity contribution < 1.29 is 24.2 Å². The number of hydrogen-bond acceptors (Lipinski definition) is 6. The van der Waals surface area contributed by atoms with E-state index in [2.05, 4.69) is 15.6 Å². The number of ether oxygens (including phenoxy) is 2. The molecule has 1 aromatic heterocycles. The molecule has 0 bridgehead atoms. The van der Waals surface area contributed by atoms with Crippen molar-refractivity contribution in [3.05, 3.63) is 88.3 Å². The number of nitrogens with two attached hydrogens (primary N) is 1. The number of carboxylic acid groups (broad SMARTS) is 1. The Kier molecular flexibility index (Phi) is 8.79. The van der Waals surface area contributed by atoms with E-state index in [1.165, 1.54) is 10.8 Å². The van der Waals surface area contributed by atoms with Gasteiger partial charge >= 0.3 is 6.09 Å². The number of nitrogens with one attached hydrogen (secondary N) is 2. The smallest absolute Gasteiger partial charge is 0.433 e. The Balaban J connectivity index is 1.74. The van der Waals surface area contributed by atoms with Crippen molar-refractivity contribution in [2.75, 3.05) is 19.0 Å². The van der Waals surface area contributed by atoms with E-state index in [0.717, 1.165) is 5.56 Å². The maximum Gasteiger partial charge on any atom is 0.433 e. The summed E-state index contributed by atoms with van der Waals surface area (Å²) in [6.07, 6.45) is -1.09. The van der Waals surface area contributed by atoms with Crippen molar-refractivity contribution in [1.29, 1.82) is 0 Å². The second kappa shape index (κ2) is 12.2. The molecule has 5 N–H and O–H groups in total. The normalized spacial score (nSPS) is 12.0. The van der Waals surface area contributed by atoms with Gasteiger partial charge in [-0.15, -0.1) is 0 Å². The van der Waals surface area contributed by atoms with Crippen molar-refractivity contribution >= 4 is 29.2 Å². The molecular weight excluding hydrogens is 466 g/mol. The van der Waals surface area contributed by atoms with Gasteiger partial charge in [0.2, 0.25) is 6.23 Å². The van der Waals surface area contributed by atoms with E-state index in [1.54, 1.807) is 74.7 Å². The van der Waals surface area contributed by atoms with E-state index >= 15 is 0 Å². The first kappa shape index (κ1) is 26.0. The molecule has 0 aliphatic rings. The standard InChI is InChI=1S/C25H27N5O6/c1-3-36-24(22(31)27-15-16-9-11-17(12-10-16)21(26)29-25(33)34)30-13-5-8-20(23(30)32)28-18-6-4-7-19(14-18)35-2/h4-14,24,28H,3,15H2,1-2H3,(H2,26,29)(H,27,31)(H,33,34). The summed E-state index contributed by atoms with van der Waals surface area (Å²) in [6.45, 7) is 2.08. The molecule has 0 fully saturated rings. The van der Waals surface area contributed by atoms with Gasteiger partial charge < -0.3 is 30.9 Å². The van der Waals surface area contributed by atoms with Crippen molar-refractivity contribution in [3.8, 4) is 5.75 Å². The van der Waals surface area contributed by atoms with Crippen LogP contribution in [0.2, 0.25) is 0 Å². The number of benzene rings is 2. The minimum Gasteiger partial charge on any atom is -0.497 e. The summed E-state index contributed by atoms with van der Waals surface area (Å²) in [5.41, 5.74) is 7.28. The molecule has 1 unspecified atom stereocenters. The minimum absolute atomic E-state index is 0.128. The summed E-state index contributed by atoms with van der Waals surface area (Å²) in [7, 11) is 1.55. The number of hydrogen-bond donors (Lipinski definition) is 4. The third kappa shape index (κ3) is 6.70. The molecule has 1 atom stereocenters. The van der Waals surface area contributed by atoms with Crippen LogP contribution < -0.4 is 26.7 Å². The fourth-order valence-corrected chi connectivity index (χ4v) is 3.32. The van der Waals surface area contributed by atoms with E-state index in [-0.39, 0.29) is 24.7 Å². The lowest BCUT2D eigenvalue weighted by atomic mass is 10.1. The molecule has 2 amide bonds. The molecular formula is C25H27N5O6. The summed E-state index contributed by atoms with van der Waals surface area (Å²) in [4.78, 5) is 40.0. The van der Waals surface area contributed by atoms with Crippen molar-refractivity contribution in [1.82, 2.24) is 9.88 Å². The lowest BCUT2D eigenvalue weighted by molar-refractivity contribution is -0.139. The lowest BCUT2D eigenvalue weighted by Crippen LogP contribution is -2.38. The number of nitrogens with zero attached hydrogens (tertiary/aromatic N) is 2. The summed E-state index contributed by atoms with van der Waals surface area (Å²) in [6, 6.07) is 16.9. The first-order valence-corrected chi connectivity index (χ1v) is 11.0. The van der Waals surface area contributed by atoms with E-state index in [1.807, 2.05) is 0 Å². The number of amidine groups is 1. The zero-order chi connectivity index (χ0) is 26.1. The maximum absolute atomic E-state index is 13.1. The van der Waals surface area contributed by atoms with Crippen LogP contribution in [-0.2, 0) is 16.1 Å². The number of methoxy groups -OCH3 is 1. The summed E-state index contributed by atoms with van der Waals surface area (Å²) >= 11 is 0. The summed E-state index contributed by atoms with van der Waals surface area (Å²) < 4.78 is 12.0. The second-order valence-corrected chi connectivity index (χ2v) is 7.49. The second-order valence-electron chi connectivity index (χ2n) is 7.49. The van der Waals surface area contributed by atoms with Crippen LogP contribution in [-0.4, -0.2) is 41.2 Å². The largest absolute Gasteiger partial charge is 0.497 e.